The van der Waals surface area contributed by atoms with Gasteiger partial charge >= 0.3 is 0 Å². The maximum Gasteiger partial charge on any atom is 0.270 e. The van der Waals surface area contributed by atoms with E-state index in [4.69, 9.17) is 21.1 Å². The molecule has 1 aliphatic heterocycles. The van der Waals surface area contributed by atoms with Gasteiger partial charge in [-0.1, -0.05) is 11.6 Å². The Hall–Kier alpha value is -1.96. The average molecular weight is 379 g/mol. The number of carbonyl (C=O) groups excluding carboxylic acids is 1. The third kappa shape index (κ3) is 3.90. The van der Waals surface area contributed by atoms with Gasteiger partial charge in [0.15, 0.2) is 0 Å². The third-order valence-corrected chi connectivity index (χ3v) is 4.71. The highest BCUT2D eigenvalue weighted by Gasteiger charge is 2.32. The fourth-order valence-corrected chi connectivity index (χ4v) is 3.37. The van der Waals surface area contributed by atoms with Gasteiger partial charge in [-0.15, -0.1) is 0 Å². The molecule has 0 saturated heterocycles. The van der Waals surface area contributed by atoms with E-state index in [1.165, 1.54) is 0 Å². The molecule has 2 aromatic rings. The Balaban J connectivity index is 1.87. The second-order valence-corrected chi connectivity index (χ2v) is 6.74. The minimum atomic E-state index is -0.196. The molecule has 0 bridgehead atoms. The molecule has 0 spiro atoms. The first kappa shape index (κ1) is 18.8. The molecule has 8 heteroatoms. The third-order valence-electron chi connectivity index (χ3n) is 4.37. The van der Waals surface area contributed by atoms with Crippen molar-refractivity contribution in [3.63, 3.8) is 0 Å². The monoisotopic (exact) mass is 378 g/mol. The van der Waals surface area contributed by atoms with Crippen molar-refractivity contribution in [3.05, 3.63) is 46.0 Å². The Bertz CT molecular complexity index is 793. The molecule has 0 aromatic carbocycles. The van der Waals surface area contributed by atoms with Crippen molar-refractivity contribution in [2.75, 3.05) is 13.7 Å². The Morgan fingerprint density at radius 1 is 1.50 bits per heavy atom. The van der Waals surface area contributed by atoms with Gasteiger partial charge in [-0.3, -0.25) is 14.5 Å². The van der Waals surface area contributed by atoms with E-state index in [9.17, 15) is 4.79 Å². The predicted molar refractivity (Wildman–Crippen MR) is 97.2 cm³/mol. The van der Waals surface area contributed by atoms with Gasteiger partial charge in [0.1, 0.15) is 5.69 Å². The molecule has 7 nitrogen and oxygen atoms in total. The second kappa shape index (κ2) is 8.16. The Morgan fingerprint density at radius 3 is 3.04 bits per heavy atom. The summed E-state index contributed by atoms with van der Waals surface area (Å²) in [5.41, 5.74) is 2.95. The first-order valence-electron chi connectivity index (χ1n) is 8.62. The van der Waals surface area contributed by atoms with Crippen LogP contribution in [0.2, 0.25) is 5.02 Å². The Labute approximate surface area is 157 Å². The number of pyridine rings is 1. The van der Waals surface area contributed by atoms with Crippen molar-refractivity contribution in [2.45, 2.75) is 45.6 Å². The summed E-state index contributed by atoms with van der Waals surface area (Å²) in [6.07, 6.45) is 2.20. The van der Waals surface area contributed by atoms with Crippen molar-refractivity contribution < 1.29 is 14.3 Å². The summed E-state index contributed by atoms with van der Waals surface area (Å²) in [7, 11) is 1.63. The maximum atomic E-state index is 12.9. The normalized spacial score (nSPS) is 19.2. The molecule has 2 aromatic heterocycles. The molecular weight excluding hydrogens is 356 g/mol. The molecule has 2 atom stereocenters. The van der Waals surface area contributed by atoms with E-state index in [1.54, 1.807) is 30.1 Å². The SMILES string of the molecule is COCCn1nc2c(c1C(=O)NCc1ncccc1Cl)C[C@H](C)O[C@@H]2C. The molecule has 140 valence electrons. The number of nitrogens with zero attached hydrogens (tertiary/aromatic N) is 3. The van der Waals surface area contributed by atoms with Crippen LogP contribution in [0.25, 0.3) is 0 Å². The molecule has 0 fully saturated rings. The van der Waals surface area contributed by atoms with E-state index in [-0.39, 0.29) is 24.7 Å². The first-order valence-corrected chi connectivity index (χ1v) is 9.00. The average Bonchev–Trinajstić information content (AvgIpc) is 2.97. The van der Waals surface area contributed by atoms with E-state index >= 15 is 0 Å². The van der Waals surface area contributed by atoms with Crippen molar-refractivity contribution in [3.8, 4) is 0 Å². The van der Waals surface area contributed by atoms with Crippen LogP contribution in [-0.4, -0.2) is 40.5 Å². The number of amides is 1. The summed E-state index contributed by atoms with van der Waals surface area (Å²) in [5, 5.41) is 8.04. The van der Waals surface area contributed by atoms with Crippen LogP contribution in [0.5, 0.6) is 0 Å². The number of rotatable bonds is 6. The summed E-state index contributed by atoms with van der Waals surface area (Å²) in [6.45, 7) is 5.18. The van der Waals surface area contributed by atoms with Gasteiger partial charge in [0.2, 0.25) is 0 Å². The molecular formula is C18H23ClN4O3. The largest absolute Gasteiger partial charge is 0.383 e. The van der Waals surface area contributed by atoms with Gasteiger partial charge < -0.3 is 14.8 Å². The topological polar surface area (TPSA) is 78.3 Å². The van der Waals surface area contributed by atoms with Crippen LogP contribution in [0.15, 0.2) is 18.3 Å². The van der Waals surface area contributed by atoms with E-state index in [2.05, 4.69) is 15.4 Å². The number of aromatic nitrogens is 3. The molecule has 1 amide bonds. The van der Waals surface area contributed by atoms with E-state index < -0.39 is 0 Å². The summed E-state index contributed by atoms with van der Waals surface area (Å²) >= 11 is 6.12. The van der Waals surface area contributed by atoms with Crippen LogP contribution >= 0.6 is 11.6 Å². The zero-order chi connectivity index (χ0) is 18.7. The highest BCUT2D eigenvalue weighted by atomic mass is 35.5. The molecule has 0 saturated carbocycles. The van der Waals surface area contributed by atoms with Gasteiger partial charge in [-0.2, -0.15) is 5.10 Å². The number of hydrogen-bond donors (Lipinski definition) is 1. The predicted octanol–water partition coefficient (Wildman–Crippen LogP) is 2.53. The van der Waals surface area contributed by atoms with Crippen LogP contribution < -0.4 is 5.32 Å². The number of carbonyl (C=O) groups is 1. The molecule has 0 radical (unpaired) electrons. The number of hydrogen-bond acceptors (Lipinski definition) is 5. The zero-order valence-corrected chi connectivity index (χ0v) is 15.9. The molecule has 1 N–H and O–H groups in total. The maximum absolute atomic E-state index is 12.9. The van der Waals surface area contributed by atoms with E-state index in [0.717, 1.165) is 11.3 Å². The van der Waals surface area contributed by atoms with Crippen LogP contribution in [0.4, 0.5) is 0 Å². The lowest BCUT2D eigenvalue weighted by atomic mass is 9.99. The fraction of sp³-hybridized carbons (Fsp3) is 0.500. The van der Waals surface area contributed by atoms with Crippen LogP contribution in [0.1, 0.15) is 47.4 Å². The van der Waals surface area contributed by atoms with Gasteiger partial charge in [-0.25, -0.2) is 0 Å². The van der Waals surface area contributed by atoms with Gasteiger partial charge in [-0.05, 0) is 26.0 Å². The highest BCUT2D eigenvalue weighted by molar-refractivity contribution is 6.31. The van der Waals surface area contributed by atoms with Crippen LogP contribution in [0, 0.1) is 0 Å². The first-order chi connectivity index (χ1) is 12.5. The van der Waals surface area contributed by atoms with Crippen molar-refractivity contribution in [1.29, 1.82) is 0 Å². The number of methoxy groups -OCH3 is 1. The van der Waals surface area contributed by atoms with Gasteiger partial charge in [0, 0.05) is 25.3 Å². The Kier molecular flexibility index (Phi) is 5.90. The number of fused-ring (bicyclic) bond motifs is 1. The fourth-order valence-electron chi connectivity index (χ4n) is 3.18. The quantitative estimate of drug-likeness (QED) is 0.835. The molecule has 26 heavy (non-hydrogen) atoms. The standard InChI is InChI=1S/C18H23ClN4O3/c1-11-9-13-16(12(2)26-11)22-23(7-8-25-3)17(13)18(24)21-10-15-14(19)5-4-6-20-15/h4-6,11-12H,7-10H2,1-3H3,(H,21,24)/t11-,12+/m0/s1. The lowest BCUT2D eigenvalue weighted by molar-refractivity contribution is -0.00716. The number of ether oxygens (including phenoxy) is 2. The summed E-state index contributed by atoms with van der Waals surface area (Å²) < 4.78 is 12.7. The summed E-state index contributed by atoms with van der Waals surface area (Å²) in [5.74, 6) is -0.196. The molecule has 1 aliphatic rings. The van der Waals surface area contributed by atoms with Crippen molar-refractivity contribution in [2.24, 2.45) is 0 Å². The van der Waals surface area contributed by atoms with Gasteiger partial charge in [0.25, 0.3) is 5.91 Å². The van der Waals surface area contributed by atoms with Gasteiger partial charge in [0.05, 0.1) is 48.3 Å². The minimum Gasteiger partial charge on any atom is -0.383 e. The molecule has 3 rings (SSSR count). The van der Waals surface area contributed by atoms with Crippen molar-refractivity contribution in [1.82, 2.24) is 20.1 Å². The highest BCUT2D eigenvalue weighted by Crippen LogP contribution is 2.31. The van der Waals surface area contributed by atoms with Crippen LogP contribution in [0.3, 0.4) is 0 Å². The minimum absolute atomic E-state index is 0.0364. The van der Waals surface area contributed by atoms with E-state index in [0.29, 0.717) is 36.0 Å². The Morgan fingerprint density at radius 2 is 2.31 bits per heavy atom. The lowest BCUT2D eigenvalue weighted by Crippen LogP contribution is -2.29. The van der Waals surface area contributed by atoms with Crippen molar-refractivity contribution >= 4 is 17.5 Å². The van der Waals surface area contributed by atoms with Crippen LogP contribution in [-0.2, 0) is 29.0 Å². The summed E-state index contributed by atoms with van der Waals surface area (Å²) in [6, 6.07) is 3.51. The number of nitrogens with one attached hydrogen (secondary N) is 1. The van der Waals surface area contributed by atoms with E-state index in [1.807, 2.05) is 13.8 Å². The zero-order valence-electron chi connectivity index (χ0n) is 15.2. The molecule has 0 unspecified atom stereocenters. The second-order valence-electron chi connectivity index (χ2n) is 6.34. The summed E-state index contributed by atoms with van der Waals surface area (Å²) in [4.78, 5) is 17.1. The number of halogens is 1. The lowest BCUT2D eigenvalue weighted by Gasteiger charge is -2.24. The molecule has 3 heterocycles. The smallest absolute Gasteiger partial charge is 0.270 e. The molecule has 0 aliphatic carbocycles.